The van der Waals surface area contributed by atoms with Crippen molar-refractivity contribution >= 4 is 33.7 Å². The average Bonchev–Trinajstić information content (AvgIpc) is 2.50. The molecular formula is C13H8BrN4O4-. The van der Waals surface area contributed by atoms with Crippen LogP contribution < -0.4 is 10.5 Å². The molecule has 0 radical (unpaired) electrons. The van der Waals surface area contributed by atoms with Crippen molar-refractivity contribution < 1.29 is 14.8 Å². The molecule has 0 bridgehead atoms. The predicted octanol–water partition coefficient (Wildman–Crippen LogP) is 1.59. The van der Waals surface area contributed by atoms with Crippen LogP contribution in [0.2, 0.25) is 0 Å². The molecule has 0 atom stereocenters. The maximum Gasteiger partial charge on any atom is 0.271 e. The molecule has 1 aromatic carbocycles. The Balaban J connectivity index is 2.17. The third kappa shape index (κ3) is 3.64. The average molecular weight is 364 g/mol. The van der Waals surface area contributed by atoms with E-state index in [2.05, 4.69) is 31.4 Å². The lowest BCUT2D eigenvalue weighted by Crippen LogP contribution is -2.17. The van der Waals surface area contributed by atoms with E-state index in [4.69, 9.17) is 0 Å². The molecule has 22 heavy (non-hydrogen) atoms. The Morgan fingerprint density at radius 3 is 2.68 bits per heavy atom. The van der Waals surface area contributed by atoms with Crippen molar-refractivity contribution in [3.05, 3.63) is 62.4 Å². The quantitative estimate of drug-likeness (QED) is 0.502. The third-order valence-electron chi connectivity index (χ3n) is 2.57. The number of nitrogens with one attached hydrogen (secondary N) is 1. The van der Waals surface area contributed by atoms with Gasteiger partial charge < -0.3 is 5.11 Å². The minimum absolute atomic E-state index is 0.0175. The number of halogens is 1. The molecule has 8 nitrogen and oxygen atoms in total. The molecule has 2 aromatic rings. The summed E-state index contributed by atoms with van der Waals surface area (Å²) in [4.78, 5) is 25.5. The zero-order chi connectivity index (χ0) is 16.1. The van der Waals surface area contributed by atoms with Crippen LogP contribution in [0.1, 0.15) is 15.9 Å². The summed E-state index contributed by atoms with van der Waals surface area (Å²) in [6, 6.07) is 5.47. The topological polar surface area (TPSA) is 121 Å². The summed E-state index contributed by atoms with van der Waals surface area (Å²) in [5.74, 6) is -1.27. The van der Waals surface area contributed by atoms with Crippen molar-refractivity contribution in [2.24, 2.45) is 5.10 Å². The van der Waals surface area contributed by atoms with E-state index in [0.717, 1.165) is 12.3 Å². The lowest BCUT2D eigenvalue weighted by molar-refractivity contribution is -0.398. The number of amides is 1. The number of hydrazone groups is 1. The van der Waals surface area contributed by atoms with Crippen LogP contribution in [0.5, 0.6) is 5.75 Å². The molecule has 112 valence electrons. The van der Waals surface area contributed by atoms with E-state index >= 15 is 0 Å². The van der Waals surface area contributed by atoms with Crippen molar-refractivity contribution in [2.75, 3.05) is 0 Å². The fourth-order valence-corrected chi connectivity index (χ4v) is 2.02. The number of hydrogen-bond acceptors (Lipinski definition) is 6. The number of nitrogens with zero attached hydrogens (tertiary/aromatic N) is 3. The molecule has 0 aliphatic rings. The molecule has 1 aromatic heterocycles. The van der Waals surface area contributed by atoms with Gasteiger partial charge in [0.05, 0.1) is 11.1 Å². The second kappa shape index (κ2) is 6.76. The number of nitro benzene ring substituents is 1. The number of pyridine rings is 1. The van der Waals surface area contributed by atoms with E-state index in [-0.39, 0.29) is 5.56 Å². The van der Waals surface area contributed by atoms with Gasteiger partial charge >= 0.3 is 0 Å². The summed E-state index contributed by atoms with van der Waals surface area (Å²) in [5, 5.41) is 26.2. The first kappa shape index (κ1) is 15.6. The van der Waals surface area contributed by atoms with Crippen LogP contribution in [0.4, 0.5) is 5.69 Å². The van der Waals surface area contributed by atoms with Gasteiger partial charge in [0.2, 0.25) is 0 Å². The summed E-state index contributed by atoms with van der Waals surface area (Å²) in [6.07, 6.45) is 3.96. The molecule has 0 aliphatic carbocycles. The van der Waals surface area contributed by atoms with E-state index in [1.165, 1.54) is 30.6 Å². The molecular weight excluding hydrogens is 356 g/mol. The molecule has 1 amide bonds. The maximum atomic E-state index is 11.8. The van der Waals surface area contributed by atoms with E-state index in [1.807, 2.05) is 0 Å². The molecule has 0 saturated carbocycles. The maximum absolute atomic E-state index is 11.8. The largest absolute Gasteiger partial charge is 0.867 e. The smallest absolute Gasteiger partial charge is 0.271 e. The summed E-state index contributed by atoms with van der Waals surface area (Å²) >= 11 is 3.07. The summed E-state index contributed by atoms with van der Waals surface area (Å²) < 4.78 is 0.362. The monoisotopic (exact) mass is 363 g/mol. The van der Waals surface area contributed by atoms with E-state index < -0.39 is 22.3 Å². The number of rotatable bonds is 4. The Labute approximate surface area is 132 Å². The first-order chi connectivity index (χ1) is 10.5. The van der Waals surface area contributed by atoms with Gasteiger partial charge in [-0.25, -0.2) is 5.43 Å². The standard InChI is InChI=1S/C13H9BrN4O4/c14-10-5-9(12(19)11(6-10)18(21)22)7-16-17-13(20)8-1-3-15-4-2-8/h1-7,19H,(H,17,20)/p-1/b16-7-. The van der Waals surface area contributed by atoms with Crippen molar-refractivity contribution in [3.63, 3.8) is 0 Å². The first-order valence-electron chi connectivity index (χ1n) is 5.87. The Hall–Kier alpha value is -2.81. The fourth-order valence-electron chi connectivity index (χ4n) is 1.56. The number of carbonyl (C=O) groups is 1. The molecule has 1 N–H and O–H groups in total. The van der Waals surface area contributed by atoms with E-state index in [0.29, 0.717) is 10.0 Å². The van der Waals surface area contributed by atoms with Crippen molar-refractivity contribution in [3.8, 4) is 5.75 Å². The van der Waals surface area contributed by atoms with Crippen LogP contribution in [-0.2, 0) is 0 Å². The molecule has 0 unspecified atom stereocenters. The van der Waals surface area contributed by atoms with Gasteiger partial charge in [-0.2, -0.15) is 5.10 Å². The second-order valence-corrected chi connectivity index (χ2v) is 4.95. The van der Waals surface area contributed by atoms with Gasteiger partial charge in [0, 0.05) is 28.5 Å². The molecule has 0 saturated heterocycles. The predicted molar refractivity (Wildman–Crippen MR) is 79.5 cm³/mol. The van der Waals surface area contributed by atoms with Crippen LogP contribution in [0.25, 0.3) is 0 Å². The Kier molecular flexibility index (Phi) is 4.79. The Morgan fingerprint density at radius 2 is 2.05 bits per heavy atom. The number of carbonyl (C=O) groups excluding carboxylic acids is 1. The number of nitro groups is 1. The van der Waals surface area contributed by atoms with E-state index in [9.17, 15) is 20.0 Å². The lowest BCUT2D eigenvalue weighted by Gasteiger charge is -2.10. The van der Waals surface area contributed by atoms with Gasteiger partial charge in [-0.1, -0.05) is 15.9 Å². The summed E-state index contributed by atoms with van der Waals surface area (Å²) in [5.41, 5.74) is 1.97. The minimum Gasteiger partial charge on any atom is -0.867 e. The number of aromatic nitrogens is 1. The highest BCUT2D eigenvalue weighted by molar-refractivity contribution is 9.10. The first-order valence-corrected chi connectivity index (χ1v) is 6.66. The Bertz CT molecular complexity index is 749. The minimum atomic E-state index is -0.782. The number of benzene rings is 1. The molecule has 1 heterocycles. The van der Waals surface area contributed by atoms with Crippen LogP contribution >= 0.6 is 15.9 Å². The van der Waals surface area contributed by atoms with Gasteiger partial charge in [-0.15, -0.1) is 0 Å². The SMILES string of the molecule is O=C(N/N=C\c1cc(Br)cc([N+](=O)[O-])c1[O-])c1ccncc1. The van der Waals surface area contributed by atoms with Crippen LogP contribution in [0, 0.1) is 10.1 Å². The zero-order valence-electron chi connectivity index (χ0n) is 10.9. The molecule has 0 fully saturated rings. The molecule has 0 aliphatic heterocycles. The van der Waals surface area contributed by atoms with Crippen molar-refractivity contribution in [1.29, 1.82) is 0 Å². The van der Waals surface area contributed by atoms with Gasteiger partial charge in [0.25, 0.3) is 11.6 Å². The second-order valence-electron chi connectivity index (χ2n) is 4.04. The molecule has 9 heteroatoms. The highest BCUT2D eigenvalue weighted by Gasteiger charge is 2.11. The number of hydrogen-bond donors (Lipinski definition) is 1. The van der Waals surface area contributed by atoms with Crippen LogP contribution in [-0.4, -0.2) is 22.0 Å². The van der Waals surface area contributed by atoms with Gasteiger partial charge in [-0.3, -0.25) is 19.9 Å². The van der Waals surface area contributed by atoms with Crippen LogP contribution in [0.15, 0.2) is 46.2 Å². The third-order valence-corrected chi connectivity index (χ3v) is 3.03. The van der Waals surface area contributed by atoms with E-state index in [1.54, 1.807) is 0 Å². The highest BCUT2D eigenvalue weighted by Crippen LogP contribution is 2.30. The van der Waals surface area contributed by atoms with Gasteiger partial charge in [0.15, 0.2) is 0 Å². The highest BCUT2D eigenvalue weighted by atomic mass is 79.9. The molecule has 0 spiro atoms. The van der Waals surface area contributed by atoms with Crippen molar-refractivity contribution in [2.45, 2.75) is 0 Å². The Morgan fingerprint density at radius 1 is 1.36 bits per heavy atom. The zero-order valence-corrected chi connectivity index (χ0v) is 12.5. The van der Waals surface area contributed by atoms with Crippen molar-refractivity contribution in [1.82, 2.24) is 10.4 Å². The summed E-state index contributed by atoms with van der Waals surface area (Å²) in [7, 11) is 0. The lowest BCUT2D eigenvalue weighted by atomic mass is 10.2. The van der Waals surface area contributed by atoms with Crippen LogP contribution in [0.3, 0.4) is 0 Å². The van der Waals surface area contributed by atoms with Gasteiger partial charge in [0.1, 0.15) is 0 Å². The fraction of sp³-hybridized carbons (Fsp3) is 0. The molecule has 2 rings (SSSR count). The normalized spacial score (nSPS) is 10.6. The van der Waals surface area contributed by atoms with Gasteiger partial charge in [-0.05, 0) is 29.5 Å². The summed E-state index contributed by atoms with van der Waals surface area (Å²) in [6.45, 7) is 0.